The first-order chi connectivity index (χ1) is 10.5. The summed E-state index contributed by atoms with van der Waals surface area (Å²) < 4.78 is 5.70. The van der Waals surface area contributed by atoms with Crippen molar-refractivity contribution < 1.29 is 9.21 Å². The summed E-state index contributed by atoms with van der Waals surface area (Å²) in [6, 6.07) is 9.74. The van der Waals surface area contributed by atoms with Gasteiger partial charge in [0.25, 0.3) is 0 Å². The molecule has 0 saturated heterocycles. The number of oxazole rings is 1. The maximum atomic E-state index is 12.3. The number of carbonyl (C=O) groups is 1. The van der Waals surface area contributed by atoms with Gasteiger partial charge in [0, 0.05) is 19.2 Å². The second-order valence-corrected chi connectivity index (χ2v) is 6.06. The third-order valence-electron chi connectivity index (χ3n) is 3.70. The molecule has 0 spiro atoms. The molecule has 0 atom stereocenters. The maximum absolute atomic E-state index is 12.3. The van der Waals surface area contributed by atoms with Crippen LogP contribution < -0.4 is 0 Å². The van der Waals surface area contributed by atoms with Gasteiger partial charge < -0.3 is 9.32 Å². The maximum Gasteiger partial charge on any atom is 0.228 e. The minimum absolute atomic E-state index is 0.0802. The zero-order valence-corrected chi connectivity index (χ0v) is 13.8. The predicted molar refractivity (Wildman–Crippen MR) is 87.5 cm³/mol. The summed E-state index contributed by atoms with van der Waals surface area (Å²) in [6.45, 7) is 6.95. The lowest BCUT2D eigenvalue weighted by Crippen LogP contribution is -2.30. The van der Waals surface area contributed by atoms with E-state index in [1.54, 1.807) is 4.90 Å². The number of aryl methyl sites for hydroxylation is 1. The van der Waals surface area contributed by atoms with Gasteiger partial charge in [-0.25, -0.2) is 4.98 Å². The first-order valence-corrected chi connectivity index (χ1v) is 7.73. The van der Waals surface area contributed by atoms with Crippen molar-refractivity contribution in [3.8, 4) is 11.5 Å². The number of hydrogen-bond donors (Lipinski definition) is 0. The SMILES string of the molecule is Cc1oc(-c2ccccc2)nc1CC(=O)N(C)CCC(C)C. The smallest absolute Gasteiger partial charge is 0.228 e. The first-order valence-electron chi connectivity index (χ1n) is 7.73. The molecule has 2 rings (SSSR count). The molecule has 1 aromatic carbocycles. The van der Waals surface area contributed by atoms with E-state index in [4.69, 9.17) is 4.42 Å². The van der Waals surface area contributed by atoms with E-state index in [0.717, 1.165) is 24.2 Å². The Kier molecular flexibility index (Phi) is 5.36. The molecule has 0 aliphatic carbocycles. The van der Waals surface area contributed by atoms with E-state index in [0.29, 0.717) is 17.6 Å². The Balaban J connectivity index is 2.04. The molecule has 4 nitrogen and oxygen atoms in total. The molecule has 118 valence electrons. The van der Waals surface area contributed by atoms with Crippen LogP contribution in [0.2, 0.25) is 0 Å². The van der Waals surface area contributed by atoms with Crippen molar-refractivity contribution in [3.05, 3.63) is 41.8 Å². The molecule has 2 aromatic rings. The molecular weight excluding hydrogens is 276 g/mol. The Morgan fingerprint density at radius 3 is 2.59 bits per heavy atom. The number of hydrogen-bond acceptors (Lipinski definition) is 3. The second kappa shape index (κ2) is 7.25. The zero-order valence-electron chi connectivity index (χ0n) is 13.8. The molecule has 0 N–H and O–H groups in total. The summed E-state index contributed by atoms with van der Waals surface area (Å²) in [5.41, 5.74) is 1.65. The molecule has 0 radical (unpaired) electrons. The summed E-state index contributed by atoms with van der Waals surface area (Å²) in [7, 11) is 1.85. The van der Waals surface area contributed by atoms with Crippen molar-refractivity contribution in [2.45, 2.75) is 33.6 Å². The highest BCUT2D eigenvalue weighted by molar-refractivity contribution is 5.78. The van der Waals surface area contributed by atoms with Gasteiger partial charge >= 0.3 is 0 Å². The molecule has 22 heavy (non-hydrogen) atoms. The van der Waals surface area contributed by atoms with Crippen LogP contribution in [0.5, 0.6) is 0 Å². The minimum atomic E-state index is 0.0802. The molecule has 0 unspecified atom stereocenters. The Labute approximate surface area is 132 Å². The fourth-order valence-electron chi connectivity index (χ4n) is 2.15. The van der Waals surface area contributed by atoms with Crippen LogP contribution in [0.15, 0.2) is 34.7 Å². The lowest BCUT2D eigenvalue weighted by atomic mass is 10.1. The lowest BCUT2D eigenvalue weighted by molar-refractivity contribution is -0.129. The van der Waals surface area contributed by atoms with E-state index in [1.807, 2.05) is 44.3 Å². The van der Waals surface area contributed by atoms with Crippen molar-refractivity contribution in [2.75, 3.05) is 13.6 Å². The van der Waals surface area contributed by atoms with Crippen LogP contribution in [0.1, 0.15) is 31.7 Å². The summed E-state index contributed by atoms with van der Waals surface area (Å²) in [6.07, 6.45) is 1.30. The van der Waals surface area contributed by atoms with Crippen LogP contribution in [-0.4, -0.2) is 29.4 Å². The molecular formula is C18H24N2O2. The molecule has 0 aliphatic rings. The molecule has 1 aromatic heterocycles. The van der Waals surface area contributed by atoms with Crippen LogP contribution in [0.3, 0.4) is 0 Å². The van der Waals surface area contributed by atoms with Crippen LogP contribution in [-0.2, 0) is 11.2 Å². The molecule has 0 bridgehead atoms. The van der Waals surface area contributed by atoms with Gasteiger partial charge in [-0.05, 0) is 31.4 Å². The first kappa shape index (κ1) is 16.3. The van der Waals surface area contributed by atoms with E-state index < -0.39 is 0 Å². The van der Waals surface area contributed by atoms with Gasteiger partial charge in [-0.2, -0.15) is 0 Å². The summed E-state index contributed by atoms with van der Waals surface area (Å²) in [5, 5.41) is 0. The highest BCUT2D eigenvalue weighted by Crippen LogP contribution is 2.21. The van der Waals surface area contributed by atoms with E-state index in [2.05, 4.69) is 18.8 Å². The largest absolute Gasteiger partial charge is 0.441 e. The van der Waals surface area contributed by atoms with Gasteiger partial charge in [0.05, 0.1) is 12.1 Å². The molecule has 0 fully saturated rings. The van der Waals surface area contributed by atoms with Gasteiger partial charge in [-0.15, -0.1) is 0 Å². The van der Waals surface area contributed by atoms with Gasteiger partial charge in [-0.1, -0.05) is 32.0 Å². The quantitative estimate of drug-likeness (QED) is 0.817. The third-order valence-corrected chi connectivity index (χ3v) is 3.70. The number of nitrogens with zero attached hydrogens (tertiary/aromatic N) is 2. The second-order valence-electron chi connectivity index (χ2n) is 6.06. The molecule has 1 heterocycles. The number of benzene rings is 1. The highest BCUT2D eigenvalue weighted by Gasteiger charge is 2.17. The highest BCUT2D eigenvalue weighted by atomic mass is 16.4. The Bertz CT molecular complexity index is 617. The van der Waals surface area contributed by atoms with Crippen LogP contribution in [0, 0.1) is 12.8 Å². The minimum Gasteiger partial charge on any atom is -0.441 e. The monoisotopic (exact) mass is 300 g/mol. The number of carbonyl (C=O) groups excluding carboxylic acids is 1. The standard InChI is InChI=1S/C18H24N2O2/c1-13(2)10-11-20(4)17(21)12-16-14(3)22-18(19-16)15-8-6-5-7-9-15/h5-9,13H,10-12H2,1-4H3. The third kappa shape index (κ3) is 4.20. The van der Waals surface area contributed by atoms with Gasteiger partial charge in [0.2, 0.25) is 11.8 Å². The van der Waals surface area contributed by atoms with Crippen molar-refractivity contribution in [1.29, 1.82) is 0 Å². The zero-order chi connectivity index (χ0) is 16.1. The molecule has 0 saturated carbocycles. The van der Waals surface area contributed by atoms with E-state index >= 15 is 0 Å². The summed E-state index contributed by atoms with van der Waals surface area (Å²) in [5.74, 6) is 1.96. The average Bonchev–Trinajstić information content (AvgIpc) is 2.86. The summed E-state index contributed by atoms with van der Waals surface area (Å²) in [4.78, 5) is 18.5. The topological polar surface area (TPSA) is 46.3 Å². The fourth-order valence-corrected chi connectivity index (χ4v) is 2.15. The summed E-state index contributed by atoms with van der Waals surface area (Å²) >= 11 is 0. The predicted octanol–water partition coefficient (Wildman–Crippen LogP) is 3.70. The van der Waals surface area contributed by atoms with Gasteiger partial charge in [0.15, 0.2) is 0 Å². The Hall–Kier alpha value is -2.10. The fraction of sp³-hybridized carbons (Fsp3) is 0.444. The van der Waals surface area contributed by atoms with Crippen LogP contribution in [0.4, 0.5) is 0 Å². The molecule has 4 heteroatoms. The number of likely N-dealkylation sites (N-methyl/N-ethyl adjacent to an activating group) is 1. The lowest BCUT2D eigenvalue weighted by Gasteiger charge is -2.17. The van der Waals surface area contributed by atoms with Gasteiger partial charge in [-0.3, -0.25) is 4.79 Å². The van der Waals surface area contributed by atoms with Crippen molar-refractivity contribution in [3.63, 3.8) is 0 Å². The van der Waals surface area contributed by atoms with Crippen molar-refractivity contribution >= 4 is 5.91 Å². The normalized spacial score (nSPS) is 11.0. The Morgan fingerprint density at radius 2 is 1.95 bits per heavy atom. The van der Waals surface area contributed by atoms with E-state index in [1.165, 1.54) is 0 Å². The van der Waals surface area contributed by atoms with Crippen molar-refractivity contribution in [2.24, 2.45) is 5.92 Å². The van der Waals surface area contributed by atoms with Crippen LogP contribution >= 0.6 is 0 Å². The molecule has 0 aliphatic heterocycles. The van der Waals surface area contributed by atoms with Gasteiger partial charge in [0.1, 0.15) is 5.76 Å². The Morgan fingerprint density at radius 1 is 1.27 bits per heavy atom. The number of aromatic nitrogens is 1. The van der Waals surface area contributed by atoms with E-state index in [9.17, 15) is 4.79 Å². The number of rotatable bonds is 6. The molecule has 1 amide bonds. The van der Waals surface area contributed by atoms with Crippen molar-refractivity contribution in [1.82, 2.24) is 9.88 Å². The average molecular weight is 300 g/mol. The number of amides is 1. The van der Waals surface area contributed by atoms with Crippen LogP contribution in [0.25, 0.3) is 11.5 Å². The van der Waals surface area contributed by atoms with E-state index in [-0.39, 0.29) is 12.3 Å².